The number of carbonyl (C=O) groups excluding carboxylic acids is 2. The minimum atomic E-state index is 0.0303. The summed E-state index contributed by atoms with van der Waals surface area (Å²) in [5.74, 6) is 1.85. The van der Waals surface area contributed by atoms with E-state index in [-0.39, 0.29) is 17.7 Å². The van der Waals surface area contributed by atoms with Crippen LogP contribution in [0, 0.1) is 17.8 Å². The third-order valence-electron chi connectivity index (χ3n) is 6.39. The number of likely N-dealkylation sites (tertiary alicyclic amines) is 2. The van der Waals surface area contributed by atoms with E-state index < -0.39 is 0 Å². The van der Waals surface area contributed by atoms with Gasteiger partial charge in [-0.3, -0.25) is 9.59 Å². The van der Waals surface area contributed by atoms with Crippen LogP contribution in [-0.4, -0.2) is 60.9 Å². The van der Waals surface area contributed by atoms with Gasteiger partial charge < -0.3 is 15.1 Å². The SMILES string of the molecule is CC1CC(C)CN(CCCCNC(=O)C2CCN(C(=O)c3ccc(Br)cc3)CC2)C1. The van der Waals surface area contributed by atoms with Gasteiger partial charge in [0.25, 0.3) is 5.91 Å². The van der Waals surface area contributed by atoms with Crippen molar-refractivity contribution in [2.75, 3.05) is 39.3 Å². The maximum absolute atomic E-state index is 12.6. The molecule has 1 aromatic rings. The van der Waals surface area contributed by atoms with E-state index in [1.807, 2.05) is 29.2 Å². The summed E-state index contributed by atoms with van der Waals surface area (Å²) in [5.41, 5.74) is 0.707. The highest BCUT2D eigenvalue weighted by Crippen LogP contribution is 2.22. The van der Waals surface area contributed by atoms with Gasteiger partial charge in [0, 0.05) is 48.7 Å². The summed E-state index contributed by atoms with van der Waals surface area (Å²) in [4.78, 5) is 29.6. The van der Waals surface area contributed by atoms with E-state index in [1.54, 1.807) is 0 Å². The minimum absolute atomic E-state index is 0.0303. The summed E-state index contributed by atoms with van der Waals surface area (Å²) in [6.07, 6.45) is 5.02. The first-order chi connectivity index (χ1) is 14.4. The second-order valence-electron chi connectivity index (χ2n) is 9.28. The molecule has 2 saturated heterocycles. The predicted octanol–water partition coefficient (Wildman–Crippen LogP) is 4.18. The molecule has 0 aliphatic carbocycles. The highest BCUT2D eigenvalue weighted by Gasteiger charge is 2.27. The quantitative estimate of drug-likeness (QED) is 0.599. The second kappa shape index (κ2) is 11.3. The van der Waals surface area contributed by atoms with E-state index >= 15 is 0 Å². The third kappa shape index (κ3) is 6.81. The summed E-state index contributed by atoms with van der Waals surface area (Å²) < 4.78 is 0.967. The van der Waals surface area contributed by atoms with Gasteiger partial charge in [0.1, 0.15) is 0 Å². The molecule has 2 unspecified atom stereocenters. The number of hydrogen-bond donors (Lipinski definition) is 1. The van der Waals surface area contributed by atoms with Crippen molar-refractivity contribution in [3.63, 3.8) is 0 Å². The molecule has 6 heteroatoms. The smallest absolute Gasteiger partial charge is 0.253 e. The van der Waals surface area contributed by atoms with Gasteiger partial charge >= 0.3 is 0 Å². The maximum atomic E-state index is 12.6. The van der Waals surface area contributed by atoms with Crippen LogP contribution in [0.1, 0.15) is 56.3 Å². The summed E-state index contributed by atoms with van der Waals surface area (Å²) in [6, 6.07) is 7.46. The summed E-state index contributed by atoms with van der Waals surface area (Å²) in [7, 11) is 0. The average Bonchev–Trinajstić information content (AvgIpc) is 2.73. The molecule has 2 aliphatic heterocycles. The van der Waals surface area contributed by atoms with Crippen LogP contribution in [0.3, 0.4) is 0 Å². The molecule has 1 N–H and O–H groups in total. The molecule has 5 nitrogen and oxygen atoms in total. The molecule has 2 aliphatic rings. The zero-order valence-electron chi connectivity index (χ0n) is 18.4. The van der Waals surface area contributed by atoms with E-state index in [0.717, 1.165) is 55.1 Å². The molecule has 0 bridgehead atoms. The molecule has 166 valence electrons. The van der Waals surface area contributed by atoms with E-state index in [1.165, 1.54) is 19.5 Å². The maximum Gasteiger partial charge on any atom is 0.253 e. The Morgan fingerprint density at radius 2 is 1.67 bits per heavy atom. The number of nitrogens with one attached hydrogen (secondary N) is 1. The van der Waals surface area contributed by atoms with Crippen molar-refractivity contribution in [3.8, 4) is 0 Å². The molecule has 2 atom stereocenters. The van der Waals surface area contributed by atoms with Crippen LogP contribution in [-0.2, 0) is 4.79 Å². The molecular weight excluding hydrogens is 442 g/mol. The lowest BCUT2D eigenvalue weighted by molar-refractivity contribution is -0.126. The van der Waals surface area contributed by atoms with Crippen LogP contribution in [0.15, 0.2) is 28.7 Å². The Balaban J connectivity index is 1.30. The first kappa shape index (κ1) is 23.3. The Morgan fingerprint density at radius 3 is 2.30 bits per heavy atom. The van der Waals surface area contributed by atoms with Gasteiger partial charge in [-0.05, 0) is 74.8 Å². The highest BCUT2D eigenvalue weighted by molar-refractivity contribution is 9.10. The van der Waals surface area contributed by atoms with E-state index in [0.29, 0.717) is 18.7 Å². The van der Waals surface area contributed by atoms with Crippen molar-refractivity contribution in [3.05, 3.63) is 34.3 Å². The molecule has 1 aromatic carbocycles. The zero-order chi connectivity index (χ0) is 21.5. The van der Waals surface area contributed by atoms with Gasteiger partial charge in [-0.2, -0.15) is 0 Å². The number of rotatable bonds is 7. The van der Waals surface area contributed by atoms with Crippen molar-refractivity contribution in [1.29, 1.82) is 0 Å². The largest absolute Gasteiger partial charge is 0.356 e. The summed E-state index contributed by atoms with van der Waals surface area (Å²) in [6.45, 7) is 10.3. The normalized spacial score (nSPS) is 23.4. The molecule has 0 aromatic heterocycles. The van der Waals surface area contributed by atoms with Gasteiger partial charge in [0.2, 0.25) is 5.91 Å². The molecule has 2 heterocycles. The topological polar surface area (TPSA) is 52.7 Å². The van der Waals surface area contributed by atoms with E-state index in [2.05, 4.69) is 40.0 Å². The van der Waals surface area contributed by atoms with Crippen molar-refractivity contribution in [2.45, 2.75) is 46.0 Å². The van der Waals surface area contributed by atoms with Gasteiger partial charge in [0.05, 0.1) is 0 Å². The van der Waals surface area contributed by atoms with Gasteiger partial charge in [-0.1, -0.05) is 29.8 Å². The molecule has 2 amide bonds. The number of unbranched alkanes of at least 4 members (excludes halogenated alkanes) is 1. The Morgan fingerprint density at radius 1 is 1.03 bits per heavy atom. The fraction of sp³-hybridized carbons (Fsp3) is 0.667. The van der Waals surface area contributed by atoms with E-state index in [4.69, 9.17) is 0 Å². The predicted molar refractivity (Wildman–Crippen MR) is 124 cm³/mol. The van der Waals surface area contributed by atoms with Crippen molar-refractivity contribution in [2.24, 2.45) is 17.8 Å². The Bertz CT molecular complexity index is 691. The lowest BCUT2D eigenvalue weighted by Gasteiger charge is -2.35. The second-order valence-corrected chi connectivity index (χ2v) is 10.2. The number of carbonyl (C=O) groups is 2. The monoisotopic (exact) mass is 477 g/mol. The van der Waals surface area contributed by atoms with Gasteiger partial charge in [-0.15, -0.1) is 0 Å². The van der Waals surface area contributed by atoms with Gasteiger partial charge in [-0.25, -0.2) is 0 Å². The standard InChI is InChI=1S/C24H36BrN3O2/c1-18-15-19(2)17-27(16-18)12-4-3-11-26-23(29)20-9-13-28(14-10-20)24(30)21-5-7-22(25)8-6-21/h5-8,18-20H,3-4,9-17H2,1-2H3,(H,26,29). The molecule has 3 rings (SSSR count). The van der Waals surface area contributed by atoms with Crippen LogP contribution in [0.25, 0.3) is 0 Å². The summed E-state index contributed by atoms with van der Waals surface area (Å²) >= 11 is 3.40. The molecule has 2 fully saturated rings. The lowest BCUT2D eigenvalue weighted by Crippen LogP contribution is -2.43. The van der Waals surface area contributed by atoms with Crippen molar-refractivity contribution < 1.29 is 9.59 Å². The van der Waals surface area contributed by atoms with Gasteiger partial charge in [0.15, 0.2) is 0 Å². The first-order valence-electron chi connectivity index (χ1n) is 11.5. The zero-order valence-corrected chi connectivity index (χ0v) is 20.0. The number of hydrogen-bond acceptors (Lipinski definition) is 3. The average molecular weight is 478 g/mol. The van der Waals surface area contributed by atoms with Crippen LogP contribution in [0.2, 0.25) is 0 Å². The van der Waals surface area contributed by atoms with Crippen molar-refractivity contribution in [1.82, 2.24) is 15.1 Å². The third-order valence-corrected chi connectivity index (χ3v) is 6.92. The summed E-state index contributed by atoms with van der Waals surface area (Å²) in [5, 5.41) is 3.12. The fourth-order valence-corrected chi connectivity index (χ4v) is 5.18. The number of nitrogens with zero attached hydrogens (tertiary/aromatic N) is 2. The highest BCUT2D eigenvalue weighted by atomic mass is 79.9. The number of amides is 2. The number of benzene rings is 1. The Hall–Kier alpha value is -1.40. The van der Waals surface area contributed by atoms with Crippen LogP contribution in [0.4, 0.5) is 0 Å². The van der Waals surface area contributed by atoms with Crippen LogP contribution >= 0.6 is 15.9 Å². The van der Waals surface area contributed by atoms with Crippen molar-refractivity contribution >= 4 is 27.7 Å². The number of piperidine rings is 2. The molecule has 0 spiro atoms. The molecule has 0 saturated carbocycles. The van der Waals surface area contributed by atoms with E-state index in [9.17, 15) is 9.59 Å². The molecule has 0 radical (unpaired) electrons. The molecule has 30 heavy (non-hydrogen) atoms. The lowest BCUT2D eigenvalue weighted by atomic mass is 9.92. The Kier molecular flexibility index (Phi) is 8.75. The molecular formula is C24H36BrN3O2. The Labute approximate surface area is 189 Å². The van der Waals surface area contributed by atoms with Crippen LogP contribution in [0.5, 0.6) is 0 Å². The first-order valence-corrected chi connectivity index (χ1v) is 12.3. The van der Waals surface area contributed by atoms with Crippen LogP contribution < -0.4 is 5.32 Å². The fourth-order valence-electron chi connectivity index (χ4n) is 4.91. The minimum Gasteiger partial charge on any atom is -0.356 e. The number of halogens is 1.